The van der Waals surface area contributed by atoms with E-state index in [0.29, 0.717) is 15.7 Å². The molecule has 0 saturated carbocycles. The number of nitrogens with one attached hydrogen (secondary N) is 2. The highest BCUT2D eigenvalue weighted by atomic mass is 35.5. The summed E-state index contributed by atoms with van der Waals surface area (Å²) in [6, 6.07) is 4.75. The van der Waals surface area contributed by atoms with Crippen molar-refractivity contribution in [3.05, 3.63) is 44.7 Å². The van der Waals surface area contributed by atoms with E-state index in [4.69, 9.17) is 23.2 Å². The zero-order valence-electron chi connectivity index (χ0n) is 10.2. The minimum atomic E-state index is -0.577. The first-order chi connectivity index (χ1) is 9.52. The van der Waals surface area contributed by atoms with Gasteiger partial charge in [0, 0.05) is 12.1 Å². The fourth-order valence-corrected chi connectivity index (χ4v) is 1.88. The van der Waals surface area contributed by atoms with Gasteiger partial charge in [-0.2, -0.15) is 0 Å². The minimum Gasteiger partial charge on any atom is -0.367 e. The average molecular weight is 314 g/mol. The van der Waals surface area contributed by atoms with Crippen molar-refractivity contribution < 1.29 is 4.92 Å². The number of nitrogens with zero attached hydrogens (tertiary/aromatic N) is 3. The lowest BCUT2D eigenvalue weighted by Gasteiger charge is -2.09. The molecule has 20 heavy (non-hydrogen) atoms. The van der Waals surface area contributed by atoms with Crippen LogP contribution in [0.4, 0.5) is 23.0 Å². The van der Waals surface area contributed by atoms with Crippen molar-refractivity contribution in [3.63, 3.8) is 0 Å². The van der Waals surface area contributed by atoms with Crippen LogP contribution < -0.4 is 10.6 Å². The summed E-state index contributed by atoms with van der Waals surface area (Å²) in [5, 5.41) is 17.4. The first-order valence-corrected chi connectivity index (χ1v) is 6.17. The maximum absolute atomic E-state index is 11.1. The Morgan fingerprint density at radius 1 is 1.25 bits per heavy atom. The fraction of sp³-hybridized carbons (Fsp3) is 0.0909. The second-order valence-electron chi connectivity index (χ2n) is 3.68. The molecule has 1 heterocycles. The molecule has 1 aromatic heterocycles. The standard InChI is InChI=1S/C11H9Cl2N5O2/c1-14-10-9(18(19)20)11(16-5-15-10)17-8-4-6(12)2-3-7(8)13/h2-5H,1H3,(H2,14,15,16,17). The number of benzene rings is 1. The third-order valence-corrected chi connectivity index (χ3v) is 2.99. The van der Waals surface area contributed by atoms with E-state index in [0.717, 1.165) is 0 Å². The van der Waals surface area contributed by atoms with Gasteiger partial charge in [-0.15, -0.1) is 0 Å². The summed E-state index contributed by atoms with van der Waals surface area (Å²) < 4.78 is 0. The van der Waals surface area contributed by atoms with E-state index in [1.165, 1.54) is 13.4 Å². The van der Waals surface area contributed by atoms with Gasteiger partial charge in [0.1, 0.15) is 6.33 Å². The molecule has 0 atom stereocenters. The molecule has 2 rings (SSSR count). The predicted octanol–water partition coefficient (Wildman–Crippen LogP) is 3.48. The maximum atomic E-state index is 11.1. The maximum Gasteiger partial charge on any atom is 0.353 e. The highest BCUT2D eigenvalue weighted by Crippen LogP contribution is 2.34. The number of nitro groups is 1. The van der Waals surface area contributed by atoms with Gasteiger partial charge in [-0.05, 0) is 18.2 Å². The van der Waals surface area contributed by atoms with Crippen molar-refractivity contribution in [2.75, 3.05) is 17.7 Å². The van der Waals surface area contributed by atoms with Crippen LogP contribution >= 0.6 is 23.2 Å². The quantitative estimate of drug-likeness (QED) is 0.663. The molecule has 0 aliphatic rings. The Balaban J connectivity index is 2.48. The van der Waals surface area contributed by atoms with Crippen LogP contribution in [0.5, 0.6) is 0 Å². The van der Waals surface area contributed by atoms with Gasteiger partial charge in [-0.25, -0.2) is 9.97 Å². The summed E-state index contributed by atoms with van der Waals surface area (Å²) in [6.45, 7) is 0. The van der Waals surface area contributed by atoms with Crippen LogP contribution in [-0.4, -0.2) is 21.9 Å². The Kier molecular flexibility index (Phi) is 4.21. The first kappa shape index (κ1) is 14.3. The van der Waals surface area contributed by atoms with Crippen LogP contribution in [0, 0.1) is 10.1 Å². The largest absolute Gasteiger partial charge is 0.367 e. The summed E-state index contributed by atoms with van der Waals surface area (Å²) >= 11 is 11.9. The van der Waals surface area contributed by atoms with Crippen molar-refractivity contribution in [2.24, 2.45) is 0 Å². The van der Waals surface area contributed by atoms with E-state index in [1.54, 1.807) is 18.2 Å². The van der Waals surface area contributed by atoms with E-state index in [-0.39, 0.29) is 17.3 Å². The molecular weight excluding hydrogens is 305 g/mol. The smallest absolute Gasteiger partial charge is 0.353 e. The lowest BCUT2D eigenvalue weighted by atomic mass is 10.3. The molecular formula is C11H9Cl2N5O2. The van der Waals surface area contributed by atoms with Gasteiger partial charge < -0.3 is 10.6 Å². The molecule has 0 amide bonds. The van der Waals surface area contributed by atoms with E-state index >= 15 is 0 Å². The second-order valence-corrected chi connectivity index (χ2v) is 4.52. The number of hydrogen-bond donors (Lipinski definition) is 2. The normalized spacial score (nSPS) is 10.2. The molecule has 0 fully saturated rings. The molecule has 2 N–H and O–H groups in total. The molecule has 0 radical (unpaired) electrons. The van der Waals surface area contributed by atoms with Gasteiger partial charge in [0.05, 0.1) is 15.6 Å². The van der Waals surface area contributed by atoms with Gasteiger partial charge in [0.25, 0.3) is 0 Å². The average Bonchev–Trinajstić information content (AvgIpc) is 2.42. The highest BCUT2D eigenvalue weighted by molar-refractivity contribution is 6.35. The number of halogens is 2. The molecule has 0 aliphatic carbocycles. The van der Waals surface area contributed by atoms with E-state index in [9.17, 15) is 10.1 Å². The zero-order valence-corrected chi connectivity index (χ0v) is 11.7. The number of anilines is 3. The van der Waals surface area contributed by atoms with Crippen LogP contribution in [0.2, 0.25) is 10.0 Å². The number of hydrogen-bond acceptors (Lipinski definition) is 6. The summed E-state index contributed by atoms with van der Waals surface area (Å²) in [4.78, 5) is 18.2. The Morgan fingerprint density at radius 3 is 2.60 bits per heavy atom. The third kappa shape index (κ3) is 2.89. The summed E-state index contributed by atoms with van der Waals surface area (Å²) in [7, 11) is 1.53. The van der Waals surface area contributed by atoms with Crippen LogP contribution in [0.25, 0.3) is 0 Å². The summed E-state index contributed by atoms with van der Waals surface area (Å²) in [5.74, 6) is 0.129. The lowest BCUT2D eigenvalue weighted by Crippen LogP contribution is -2.05. The number of rotatable bonds is 4. The van der Waals surface area contributed by atoms with Crippen molar-refractivity contribution in [1.29, 1.82) is 0 Å². The van der Waals surface area contributed by atoms with Crippen molar-refractivity contribution in [3.8, 4) is 0 Å². The van der Waals surface area contributed by atoms with Gasteiger partial charge in [0.15, 0.2) is 0 Å². The molecule has 0 unspecified atom stereocenters. The van der Waals surface area contributed by atoms with Crippen LogP contribution in [0.1, 0.15) is 0 Å². The molecule has 1 aromatic carbocycles. The first-order valence-electron chi connectivity index (χ1n) is 5.42. The van der Waals surface area contributed by atoms with Crippen LogP contribution in [0.15, 0.2) is 24.5 Å². The predicted molar refractivity (Wildman–Crippen MR) is 78.0 cm³/mol. The van der Waals surface area contributed by atoms with Crippen molar-refractivity contribution >= 4 is 46.2 Å². The molecule has 0 aliphatic heterocycles. The van der Waals surface area contributed by atoms with Gasteiger partial charge in [0.2, 0.25) is 11.6 Å². The Labute approximate surface area is 124 Å². The molecule has 7 nitrogen and oxygen atoms in total. The Hall–Kier alpha value is -2.12. The summed E-state index contributed by atoms with van der Waals surface area (Å²) in [5.41, 5.74) is 0.147. The second kappa shape index (κ2) is 5.89. The third-order valence-electron chi connectivity index (χ3n) is 2.42. The Bertz CT molecular complexity index is 665. The molecule has 0 bridgehead atoms. The molecule has 0 saturated heterocycles. The van der Waals surface area contributed by atoms with Gasteiger partial charge >= 0.3 is 5.69 Å². The van der Waals surface area contributed by atoms with Gasteiger partial charge in [-0.3, -0.25) is 10.1 Å². The molecule has 0 spiro atoms. The van der Waals surface area contributed by atoms with Crippen LogP contribution in [-0.2, 0) is 0 Å². The van der Waals surface area contributed by atoms with E-state index in [1.807, 2.05) is 0 Å². The fourth-order valence-electron chi connectivity index (χ4n) is 1.55. The van der Waals surface area contributed by atoms with Gasteiger partial charge in [-0.1, -0.05) is 23.2 Å². The van der Waals surface area contributed by atoms with E-state index in [2.05, 4.69) is 20.6 Å². The summed E-state index contributed by atoms with van der Waals surface area (Å²) in [6.07, 6.45) is 1.21. The van der Waals surface area contributed by atoms with Crippen molar-refractivity contribution in [2.45, 2.75) is 0 Å². The Morgan fingerprint density at radius 2 is 1.95 bits per heavy atom. The van der Waals surface area contributed by atoms with Crippen LogP contribution in [0.3, 0.4) is 0 Å². The minimum absolute atomic E-state index is 0.0264. The molecule has 9 heteroatoms. The molecule has 104 valence electrons. The SMILES string of the molecule is CNc1ncnc(Nc2cc(Cl)ccc2Cl)c1[N+](=O)[O-]. The topological polar surface area (TPSA) is 93.0 Å². The van der Waals surface area contributed by atoms with E-state index < -0.39 is 4.92 Å². The highest BCUT2D eigenvalue weighted by Gasteiger charge is 2.22. The monoisotopic (exact) mass is 313 g/mol. The molecule has 2 aromatic rings. The van der Waals surface area contributed by atoms with Crippen molar-refractivity contribution in [1.82, 2.24) is 9.97 Å². The zero-order chi connectivity index (χ0) is 14.7. The number of aromatic nitrogens is 2. The lowest BCUT2D eigenvalue weighted by molar-refractivity contribution is -0.383.